The number of furan rings is 1. The van der Waals surface area contributed by atoms with Crippen molar-refractivity contribution in [2.24, 2.45) is 0 Å². The fourth-order valence-corrected chi connectivity index (χ4v) is 8.84. The highest BCUT2D eigenvalue weighted by atomic mass is 16.3. The molecule has 0 fully saturated rings. The third kappa shape index (κ3) is 5.01. The molecule has 9 aromatic carbocycles. The zero-order valence-corrected chi connectivity index (χ0v) is 30.9. The number of para-hydroxylation sites is 1. The molecule has 10 aromatic rings. The van der Waals surface area contributed by atoms with Crippen LogP contribution in [0.3, 0.4) is 0 Å². The van der Waals surface area contributed by atoms with E-state index in [0.717, 1.165) is 44.4 Å². The molecule has 54 heavy (non-hydrogen) atoms. The van der Waals surface area contributed by atoms with Gasteiger partial charge in [-0.15, -0.1) is 0 Å². The van der Waals surface area contributed by atoms with Crippen LogP contribution in [0.5, 0.6) is 0 Å². The smallest absolute Gasteiger partial charge is 0.141 e. The van der Waals surface area contributed by atoms with Crippen molar-refractivity contribution in [1.82, 2.24) is 0 Å². The van der Waals surface area contributed by atoms with Crippen LogP contribution in [0.15, 0.2) is 168 Å². The Morgan fingerprint density at radius 1 is 0.333 bits per heavy atom. The van der Waals surface area contributed by atoms with Crippen molar-refractivity contribution in [1.29, 1.82) is 0 Å². The number of nitrogens with zero attached hydrogens (tertiary/aromatic N) is 1. The number of hydrogen-bond donors (Lipinski definition) is 0. The molecule has 0 radical (unpaired) electrons. The summed E-state index contributed by atoms with van der Waals surface area (Å²) in [6.07, 6.45) is 0. The number of fused-ring (bicyclic) bond motifs is 9. The lowest BCUT2D eigenvalue weighted by molar-refractivity contribution is 0.669. The van der Waals surface area contributed by atoms with Gasteiger partial charge in [-0.3, -0.25) is 0 Å². The molecule has 250 valence electrons. The lowest BCUT2D eigenvalue weighted by atomic mass is 9.64. The van der Waals surface area contributed by atoms with E-state index in [1.165, 1.54) is 71.0 Å². The Bertz CT molecular complexity index is 3050. The van der Waals surface area contributed by atoms with Gasteiger partial charge in [0.2, 0.25) is 0 Å². The van der Waals surface area contributed by atoms with E-state index in [0.29, 0.717) is 0 Å². The van der Waals surface area contributed by atoms with E-state index in [4.69, 9.17) is 4.42 Å². The quantitative estimate of drug-likeness (QED) is 0.145. The molecule has 0 atom stereocenters. The van der Waals surface area contributed by atoms with Crippen molar-refractivity contribution in [2.45, 2.75) is 0 Å². The molecule has 0 unspecified atom stereocenters. The summed E-state index contributed by atoms with van der Waals surface area (Å²) in [7, 11) is 9.16. The van der Waals surface area contributed by atoms with Crippen LogP contribution in [-0.2, 0) is 0 Å². The maximum atomic E-state index is 6.20. The van der Waals surface area contributed by atoms with Crippen molar-refractivity contribution in [3.8, 4) is 22.3 Å². The van der Waals surface area contributed by atoms with E-state index in [2.05, 4.69) is 188 Å². The Kier molecular flexibility index (Phi) is 7.56. The highest BCUT2D eigenvalue weighted by Crippen LogP contribution is 2.41. The summed E-state index contributed by atoms with van der Waals surface area (Å²) < 4.78 is 6.20. The molecule has 0 saturated heterocycles. The highest BCUT2D eigenvalue weighted by Gasteiger charge is 2.23. The second-order valence-corrected chi connectivity index (χ2v) is 14.6. The van der Waals surface area contributed by atoms with Crippen molar-refractivity contribution < 1.29 is 4.42 Å². The first-order chi connectivity index (χ1) is 26.5. The van der Waals surface area contributed by atoms with Gasteiger partial charge in [0.1, 0.15) is 42.6 Å². The topological polar surface area (TPSA) is 16.4 Å². The Hall–Kier alpha value is -6.38. The molecule has 1 aromatic heterocycles. The second kappa shape index (κ2) is 12.6. The lowest BCUT2D eigenvalue weighted by Crippen LogP contribution is -2.46. The first-order valence-corrected chi connectivity index (χ1v) is 18.8. The fourth-order valence-electron chi connectivity index (χ4n) is 8.84. The Balaban J connectivity index is 1.23. The van der Waals surface area contributed by atoms with E-state index in [9.17, 15) is 0 Å². The maximum Gasteiger partial charge on any atom is 0.141 e. The molecule has 0 aliphatic heterocycles. The average Bonchev–Trinajstić information content (AvgIpc) is 3.60. The van der Waals surface area contributed by atoms with Crippen LogP contribution in [0, 0.1) is 0 Å². The molecule has 0 bridgehead atoms. The number of hydrogen-bond acceptors (Lipinski definition) is 2. The molecule has 6 heteroatoms. The van der Waals surface area contributed by atoms with Gasteiger partial charge in [0.05, 0.1) is 0 Å². The lowest BCUT2D eigenvalue weighted by Gasteiger charge is -2.33. The number of anilines is 3. The molecule has 10 rings (SSSR count). The Labute approximate surface area is 318 Å². The normalized spacial score (nSPS) is 11.6. The van der Waals surface area contributed by atoms with Gasteiger partial charge in [-0.25, -0.2) is 0 Å². The summed E-state index contributed by atoms with van der Waals surface area (Å²) in [5, 5.41) is 9.90. The van der Waals surface area contributed by atoms with Crippen LogP contribution >= 0.6 is 0 Å². The monoisotopic (exact) mass is 685 g/mol. The molecule has 0 N–H and O–H groups in total. The van der Waals surface area contributed by atoms with Gasteiger partial charge in [-0.05, 0) is 97.0 Å². The third-order valence-electron chi connectivity index (χ3n) is 11.7. The van der Waals surface area contributed by atoms with Gasteiger partial charge in [-0.1, -0.05) is 143 Å². The highest BCUT2D eigenvalue weighted by molar-refractivity contribution is 6.63. The first kappa shape index (κ1) is 32.3. The van der Waals surface area contributed by atoms with Gasteiger partial charge >= 0.3 is 0 Å². The minimum atomic E-state index is 0.907. The van der Waals surface area contributed by atoms with E-state index in [-0.39, 0.29) is 0 Å². The Morgan fingerprint density at radius 3 is 1.54 bits per heavy atom. The summed E-state index contributed by atoms with van der Waals surface area (Å²) in [5.74, 6) is 0. The average molecular weight is 685 g/mol. The first-order valence-electron chi connectivity index (χ1n) is 18.8. The molecule has 1 heterocycles. The summed E-state index contributed by atoms with van der Waals surface area (Å²) in [5.41, 5.74) is 15.3. The van der Waals surface area contributed by atoms with E-state index >= 15 is 0 Å². The summed E-state index contributed by atoms with van der Waals surface area (Å²) in [6.45, 7) is 0. The zero-order chi connectivity index (χ0) is 36.5. The summed E-state index contributed by atoms with van der Waals surface area (Å²) in [4.78, 5) is 2.50. The third-order valence-corrected chi connectivity index (χ3v) is 11.7. The van der Waals surface area contributed by atoms with Crippen LogP contribution in [-0.4, -0.2) is 31.4 Å². The van der Waals surface area contributed by atoms with Crippen molar-refractivity contribution in [3.05, 3.63) is 164 Å². The fraction of sp³-hybridized carbons (Fsp3) is 0. The van der Waals surface area contributed by atoms with Crippen molar-refractivity contribution >= 4 is 125 Å². The van der Waals surface area contributed by atoms with Crippen LogP contribution in [0.25, 0.3) is 76.5 Å². The zero-order valence-electron chi connectivity index (χ0n) is 30.9. The number of rotatable bonds is 5. The second-order valence-electron chi connectivity index (χ2n) is 14.6. The van der Waals surface area contributed by atoms with Crippen molar-refractivity contribution in [2.75, 3.05) is 4.90 Å². The van der Waals surface area contributed by atoms with Crippen LogP contribution in [0.4, 0.5) is 17.1 Å². The van der Waals surface area contributed by atoms with Crippen LogP contribution in [0.1, 0.15) is 0 Å². The molecule has 0 amide bonds. The van der Waals surface area contributed by atoms with Crippen molar-refractivity contribution in [3.63, 3.8) is 0 Å². The molecule has 0 saturated carbocycles. The Morgan fingerprint density at radius 2 is 0.852 bits per heavy atom. The van der Waals surface area contributed by atoms with E-state index in [1.54, 1.807) is 0 Å². The molecule has 2 nitrogen and oxygen atoms in total. The predicted octanol–water partition coefficient (Wildman–Crippen LogP) is 6.88. The van der Waals surface area contributed by atoms with Gasteiger partial charge in [-0.2, -0.15) is 0 Å². The maximum absolute atomic E-state index is 6.20. The molecule has 0 aliphatic carbocycles. The van der Waals surface area contributed by atoms with Crippen LogP contribution in [0.2, 0.25) is 0 Å². The van der Waals surface area contributed by atoms with E-state index in [1.807, 2.05) is 12.1 Å². The van der Waals surface area contributed by atoms with Gasteiger partial charge in [0.15, 0.2) is 0 Å². The predicted molar refractivity (Wildman–Crippen MR) is 245 cm³/mol. The molecular weight excluding hydrogens is 650 g/mol. The number of benzene rings is 9. The van der Waals surface area contributed by atoms with Crippen LogP contribution < -0.4 is 26.8 Å². The van der Waals surface area contributed by atoms with Gasteiger partial charge in [0.25, 0.3) is 0 Å². The van der Waals surface area contributed by atoms with Gasteiger partial charge < -0.3 is 9.32 Å². The molecule has 0 spiro atoms. The summed E-state index contributed by atoms with van der Waals surface area (Å²) in [6, 6.07) is 59.4. The van der Waals surface area contributed by atoms with E-state index < -0.39 is 0 Å². The minimum Gasteiger partial charge on any atom is -0.456 e. The largest absolute Gasteiger partial charge is 0.456 e. The minimum absolute atomic E-state index is 0.907. The SMILES string of the molecule is Bc1c(B)c(N(c2cccc(-c3ccc4oc5ccccc5c4c3)c2)c2ccc3c4ccccc4c4ccccc4c3c2)c(B)c(B)c1-c1ccccc1. The molecule has 0 aliphatic rings. The molecular formula is C48H35B4NO. The van der Waals surface area contributed by atoms with Gasteiger partial charge in [0, 0.05) is 27.8 Å². The standard InChI is InChI=1S/C48H35B4NO/c49-44-43(28-11-2-1-3-12-28)45(50)47(52)48(46(44)51)53(32-22-23-37-35-17-5-4-15-33(35)34-16-6-7-18-36(34)39(37)27-32)31-14-10-13-29(25-31)30-21-24-42-40(26-30)38-19-8-9-20-41(38)54-42/h1-27H,49-52H2. The summed E-state index contributed by atoms with van der Waals surface area (Å²) >= 11 is 0.